The average molecular weight is 430 g/mol. The highest BCUT2D eigenvalue weighted by Gasteiger charge is 2.10. The summed E-state index contributed by atoms with van der Waals surface area (Å²) in [6, 6.07) is 13.7. The summed E-state index contributed by atoms with van der Waals surface area (Å²) < 4.78 is 10.8. The number of rotatable bonds is 9. The lowest BCUT2D eigenvalue weighted by Crippen LogP contribution is -2.34. The Morgan fingerprint density at radius 2 is 1.73 bits per heavy atom. The molecule has 0 bridgehead atoms. The van der Waals surface area contributed by atoms with Crippen LogP contribution in [-0.4, -0.2) is 42.8 Å². The van der Waals surface area contributed by atoms with Crippen LogP contribution in [0.4, 0.5) is 5.69 Å². The van der Waals surface area contributed by atoms with E-state index < -0.39 is 0 Å². The maximum atomic E-state index is 12.4. The van der Waals surface area contributed by atoms with Crippen LogP contribution in [0, 0.1) is 0 Å². The summed E-state index contributed by atoms with van der Waals surface area (Å²) in [4.78, 5) is 24.4. The van der Waals surface area contributed by atoms with Crippen LogP contribution >= 0.6 is 12.2 Å². The molecule has 0 spiro atoms. The Morgan fingerprint density at radius 3 is 2.40 bits per heavy atom. The number of thiocarbonyl (C=S) groups is 1. The molecule has 30 heavy (non-hydrogen) atoms. The highest BCUT2D eigenvalue weighted by atomic mass is 32.1. The Labute approximate surface area is 182 Å². The third-order valence-corrected chi connectivity index (χ3v) is 4.05. The standard InChI is InChI=1S/C22H27N3O4S/c1-4-28-12-13-29-19-7-5-6-17(14-19)21(27)25-22(30)24-18-10-8-16(9-11-18)20(26)23-15(2)3/h5-11,14-15H,4,12-13H2,1-3H3,(H,23,26)(H2,24,25,27,30). The molecule has 7 nitrogen and oxygen atoms in total. The van der Waals surface area contributed by atoms with Crippen molar-refractivity contribution in [3.63, 3.8) is 0 Å². The van der Waals surface area contributed by atoms with E-state index >= 15 is 0 Å². The fourth-order valence-electron chi connectivity index (χ4n) is 2.48. The Hall–Kier alpha value is -2.97. The second-order valence-electron chi connectivity index (χ2n) is 6.69. The lowest BCUT2D eigenvalue weighted by atomic mass is 10.2. The Kier molecular flexibility index (Phi) is 9.24. The number of hydrogen-bond acceptors (Lipinski definition) is 5. The van der Waals surface area contributed by atoms with Gasteiger partial charge in [-0.15, -0.1) is 0 Å². The van der Waals surface area contributed by atoms with Crippen LogP contribution in [0.5, 0.6) is 5.75 Å². The lowest BCUT2D eigenvalue weighted by molar-refractivity contribution is 0.0941. The van der Waals surface area contributed by atoms with Crippen molar-refractivity contribution in [2.24, 2.45) is 0 Å². The van der Waals surface area contributed by atoms with E-state index in [2.05, 4.69) is 16.0 Å². The molecule has 2 aromatic rings. The topological polar surface area (TPSA) is 88.7 Å². The molecule has 2 aromatic carbocycles. The van der Waals surface area contributed by atoms with Crippen molar-refractivity contribution in [2.45, 2.75) is 26.8 Å². The van der Waals surface area contributed by atoms with E-state index in [1.54, 1.807) is 48.5 Å². The van der Waals surface area contributed by atoms with Gasteiger partial charge in [-0.2, -0.15) is 0 Å². The first-order chi connectivity index (χ1) is 14.4. The third kappa shape index (κ3) is 7.81. The minimum Gasteiger partial charge on any atom is -0.491 e. The number of hydrogen-bond donors (Lipinski definition) is 3. The Balaban J connectivity index is 1.88. The average Bonchev–Trinajstić information content (AvgIpc) is 2.71. The van der Waals surface area contributed by atoms with Crippen molar-refractivity contribution in [3.05, 3.63) is 59.7 Å². The van der Waals surface area contributed by atoms with E-state index in [0.717, 1.165) is 0 Å². The molecule has 0 radical (unpaired) electrons. The molecule has 0 saturated carbocycles. The van der Waals surface area contributed by atoms with Crippen molar-refractivity contribution < 1.29 is 19.1 Å². The Bertz CT molecular complexity index is 869. The SMILES string of the molecule is CCOCCOc1cccc(C(=O)NC(=S)Nc2ccc(C(=O)NC(C)C)cc2)c1. The van der Waals surface area contributed by atoms with Crippen molar-refractivity contribution >= 4 is 34.8 Å². The molecule has 2 amide bonds. The summed E-state index contributed by atoms with van der Waals surface area (Å²) in [7, 11) is 0. The van der Waals surface area contributed by atoms with Crippen LogP contribution in [0.3, 0.4) is 0 Å². The van der Waals surface area contributed by atoms with E-state index in [1.807, 2.05) is 20.8 Å². The van der Waals surface area contributed by atoms with Gasteiger partial charge in [0, 0.05) is 29.5 Å². The van der Waals surface area contributed by atoms with Gasteiger partial charge in [-0.05, 0) is 75.5 Å². The highest BCUT2D eigenvalue weighted by Crippen LogP contribution is 2.14. The summed E-state index contributed by atoms with van der Waals surface area (Å²) in [5.74, 6) is 0.0861. The molecular weight excluding hydrogens is 402 g/mol. The molecule has 3 N–H and O–H groups in total. The van der Waals surface area contributed by atoms with Crippen LogP contribution in [-0.2, 0) is 4.74 Å². The first-order valence-corrected chi connectivity index (χ1v) is 10.1. The number of benzene rings is 2. The monoisotopic (exact) mass is 429 g/mol. The number of nitrogens with one attached hydrogen (secondary N) is 3. The van der Waals surface area contributed by atoms with E-state index in [-0.39, 0.29) is 23.0 Å². The van der Waals surface area contributed by atoms with Gasteiger partial charge in [-0.25, -0.2) is 0 Å². The fourth-order valence-corrected chi connectivity index (χ4v) is 2.69. The van der Waals surface area contributed by atoms with Crippen LogP contribution in [0.2, 0.25) is 0 Å². The minimum atomic E-state index is -0.351. The largest absolute Gasteiger partial charge is 0.491 e. The van der Waals surface area contributed by atoms with E-state index in [9.17, 15) is 9.59 Å². The first-order valence-electron chi connectivity index (χ1n) is 9.73. The first kappa shape index (κ1) is 23.3. The van der Waals surface area contributed by atoms with Crippen LogP contribution in [0.25, 0.3) is 0 Å². The third-order valence-electron chi connectivity index (χ3n) is 3.85. The lowest BCUT2D eigenvalue weighted by Gasteiger charge is -2.12. The normalized spacial score (nSPS) is 10.4. The molecule has 0 aliphatic carbocycles. The van der Waals surface area contributed by atoms with Crippen LogP contribution < -0.4 is 20.7 Å². The molecule has 0 aliphatic heterocycles. The van der Waals surface area contributed by atoms with E-state index in [1.165, 1.54) is 0 Å². The van der Waals surface area contributed by atoms with Gasteiger partial charge in [0.1, 0.15) is 12.4 Å². The van der Waals surface area contributed by atoms with Gasteiger partial charge in [0.2, 0.25) is 0 Å². The van der Waals surface area contributed by atoms with E-state index in [0.29, 0.717) is 42.4 Å². The predicted molar refractivity (Wildman–Crippen MR) is 121 cm³/mol. The number of carbonyl (C=O) groups is 2. The summed E-state index contributed by atoms with van der Waals surface area (Å²) in [5, 5.41) is 8.55. The van der Waals surface area contributed by atoms with Gasteiger partial charge in [0.05, 0.1) is 6.61 Å². The van der Waals surface area contributed by atoms with E-state index in [4.69, 9.17) is 21.7 Å². The minimum absolute atomic E-state index is 0.0617. The van der Waals surface area contributed by atoms with Gasteiger partial charge in [-0.3, -0.25) is 14.9 Å². The molecule has 0 saturated heterocycles. The van der Waals surface area contributed by atoms with Crippen molar-refractivity contribution in [1.82, 2.24) is 10.6 Å². The summed E-state index contributed by atoms with van der Waals surface area (Å²) in [6.45, 7) is 7.24. The second-order valence-corrected chi connectivity index (χ2v) is 7.10. The molecule has 0 aliphatic rings. The van der Waals surface area contributed by atoms with Gasteiger partial charge in [0.25, 0.3) is 11.8 Å². The van der Waals surface area contributed by atoms with Crippen LogP contribution in [0.1, 0.15) is 41.5 Å². The predicted octanol–water partition coefficient (Wildman–Crippen LogP) is 3.37. The zero-order valence-electron chi connectivity index (χ0n) is 17.4. The van der Waals surface area contributed by atoms with Crippen molar-refractivity contribution in [2.75, 3.05) is 25.1 Å². The number of amides is 2. The molecule has 8 heteroatoms. The summed E-state index contributed by atoms with van der Waals surface area (Å²) in [5.41, 5.74) is 1.63. The number of carbonyl (C=O) groups excluding carboxylic acids is 2. The summed E-state index contributed by atoms with van der Waals surface area (Å²) >= 11 is 5.22. The van der Waals surface area contributed by atoms with Gasteiger partial charge in [-0.1, -0.05) is 6.07 Å². The molecular formula is C22H27N3O4S. The van der Waals surface area contributed by atoms with Crippen molar-refractivity contribution in [3.8, 4) is 5.75 Å². The zero-order chi connectivity index (χ0) is 21.9. The number of anilines is 1. The van der Waals surface area contributed by atoms with Crippen molar-refractivity contribution in [1.29, 1.82) is 0 Å². The smallest absolute Gasteiger partial charge is 0.257 e. The number of ether oxygens (including phenoxy) is 2. The summed E-state index contributed by atoms with van der Waals surface area (Å²) in [6.07, 6.45) is 0. The molecule has 0 unspecified atom stereocenters. The zero-order valence-corrected chi connectivity index (χ0v) is 18.2. The molecule has 0 fully saturated rings. The molecule has 0 atom stereocenters. The van der Waals surface area contributed by atoms with Crippen LogP contribution in [0.15, 0.2) is 48.5 Å². The maximum Gasteiger partial charge on any atom is 0.257 e. The molecule has 0 heterocycles. The highest BCUT2D eigenvalue weighted by molar-refractivity contribution is 7.80. The van der Waals surface area contributed by atoms with Gasteiger partial charge in [0.15, 0.2) is 5.11 Å². The second kappa shape index (κ2) is 11.9. The van der Waals surface area contributed by atoms with Gasteiger partial charge < -0.3 is 20.1 Å². The van der Waals surface area contributed by atoms with Gasteiger partial charge >= 0.3 is 0 Å². The molecule has 0 aromatic heterocycles. The fraction of sp³-hybridized carbons (Fsp3) is 0.318. The molecule has 2 rings (SSSR count). The maximum absolute atomic E-state index is 12.4. The quantitative estimate of drug-likeness (QED) is 0.418. The Morgan fingerprint density at radius 1 is 1.00 bits per heavy atom. The molecule has 160 valence electrons.